The van der Waals surface area contributed by atoms with Crippen LogP contribution in [0.1, 0.15) is 23.9 Å². The second-order valence-electron chi connectivity index (χ2n) is 3.19. The number of aromatic nitrogens is 3. The van der Waals surface area contributed by atoms with E-state index in [1.54, 1.807) is 0 Å². The van der Waals surface area contributed by atoms with Gasteiger partial charge in [0.2, 0.25) is 5.16 Å². The Morgan fingerprint density at radius 3 is 3.27 bits per heavy atom. The molecule has 0 aromatic carbocycles. The van der Waals surface area contributed by atoms with Gasteiger partial charge in [0.25, 0.3) is 0 Å². The van der Waals surface area contributed by atoms with Crippen LogP contribution in [0.4, 0.5) is 0 Å². The smallest absolute Gasteiger partial charge is 0.313 e. The summed E-state index contributed by atoms with van der Waals surface area (Å²) in [5.74, 6) is 1.21. The molecule has 2 N–H and O–H groups in total. The number of carboxylic acid groups (broad SMARTS) is 1. The lowest BCUT2D eigenvalue weighted by Crippen LogP contribution is -1.98. The van der Waals surface area contributed by atoms with E-state index in [1.165, 1.54) is 12.2 Å². The van der Waals surface area contributed by atoms with E-state index >= 15 is 0 Å². The fraction of sp³-hybridized carbons (Fsp3) is 0.625. The molecule has 1 aliphatic rings. The predicted octanol–water partition coefficient (Wildman–Crippen LogP) is 1.55. The van der Waals surface area contributed by atoms with Gasteiger partial charge in [0.15, 0.2) is 0 Å². The average molecular weight is 245 g/mol. The Morgan fingerprint density at radius 1 is 1.73 bits per heavy atom. The van der Waals surface area contributed by atoms with Gasteiger partial charge in [0.1, 0.15) is 5.82 Å². The van der Waals surface area contributed by atoms with Crippen LogP contribution in [0.2, 0.25) is 0 Å². The molecular formula is C8H11N3O2S2. The number of H-pyrrole nitrogens is 1. The largest absolute Gasteiger partial charge is 0.481 e. The highest BCUT2D eigenvalue weighted by Gasteiger charge is 2.21. The first-order valence-electron chi connectivity index (χ1n) is 4.64. The summed E-state index contributed by atoms with van der Waals surface area (Å²) in [7, 11) is 0. The highest BCUT2D eigenvalue weighted by molar-refractivity contribution is 8.00. The number of aliphatic carboxylic acids is 1. The maximum absolute atomic E-state index is 10.3. The van der Waals surface area contributed by atoms with E-state index in [0.717, 1.165) is 24.0 Å². The number of hydrogen-bond acceptors (Lipinski definition) is 5. The summed E-state index contributed by atoms with van der Waals surface area (Å²) < 4.78 is 0. The molecule has 1 atom stereocenters. The maximum atomic E-state index is 10.3. The summed E-state index contributed by atoms with van der Waals surface area (Å²) in [6.07, 6.45) is 2.34. The Labute approximate surface area is 95.4 Å². The standard InChI is InChI=1S/C8H11N3O2S2/c12-6(13)4-15-8-9-7(10-11-8)5-2-1-3-14-5/h5H,1-4H2,(H,12,13)(H,9,10,11). The molecule has 0 spiro atoms. The van der Waals surface area contributed by atoms with Crippen LogP contribution in [0.5, 0.6) is 0 Å². The topological polar surface area (TPSA) is 78.9 Å². The molecule has 1 aromatic rings. The molecule has 0 bridgehead atoms. The fourth-order valence-electron chi connectivity index (χ4n) is 1.39. The molecule has 0 aliphatic carbocycles. The molecule has 1 aromatic heterocycles. The molecule has 1 unspecified atom stereocenters. The van der Waals surface area contributed by atoms with E-state index < -0.39 is 5.97 Å². The summed E-state index contributed by atoms with van der Waals surface area (Å²) in [5.41, 5.74) is 0. The van der Waals surface area contributed by atoms with Crippen LogP contribution in [0.25, 0.3) is 0 Å². The van der Waals surface area contributed by atoms with Gasteiger partial charge in [0, 0.05) is 0 Å². The Morgan fingerprint density at radius 2 is 2.60 bits per heavy atom. The third-order valence-corrected chi connectivity index (χ3v) is 4.26. The van der Waals surface area contributed by atoms with Crippen molar-refractivity contribution in [3.8, 4) is 0 Å². The number of thioether (sulfide) groups is 2. The van der Waals surface area contributed by atoms with Crippen molar-refractivity contribution < 1.29 is 9.90 Å². The number of nitrogens with one attached hydrogen (secondary N) is 1. The van der Waals surface area contributed by atoms with E-state index in [0.29, 0.717) is 10.4 Å². The number of carbonyl (C=O) groups is 1. The summed E-state index contributed by atoms with van der Waals surface area (Å²) in [6, 6.07) is 0. The number of aromatic amines is 1. The maximum Gasteiger partial charge on any atom is 0.313 e. The molecule has 0 saturated carbocycles. The summed E-state index contributed by atoms with van der Waals surface area (Å²) in [6.45, 7) is 0. The lowest BCUT2D eigenvalue weighted by molar-refractivity contribution is -0.133. The Balaban J connectivity index is 1.94. The Kier molecular flexibility index (Phi) is 3.53. The monoisotopic (exact) mass is 245 g/mol. The van der Waals surface area contributed by atoms with Gasteiger partial charge < -0.3 is 5.11 Å². The second-order valence-corrected chi connectivity index (χ2v) is 5.44. The third-order valence-electron chi connectivity index (χ3n) is 2.04. The molecule has 0 radical (unpaired) electrons. The van der Waals surface area contributed by atoms with Gasteiger partial charge in [-0.1, -0.05) is 11.8 Å². The van der Waals surface area contributed by atoms with E-state index in [1.807, 2.05) is 11.8 Å². The fourth-order valence-corrected chi connectivity index (χ4v) is 3.13. The van der Waals surface area contributed by atoms with Crippen molar-refractivity contribution in [1.29, 1.82) is 0 Å². The van der Waals surface area contributed by atoms with Crippen molar-refractivity contribution in [3.05, 3.63) is 5.82 Å². The molecule has 1 fully saturated rings. The van der Waals surface area contributed by atoms with Crippen molar-refractivity contribution in [1.82, 2.24) is 15.2 Å². The number of carboxylic acids is 1. The van der Waals surface area contributed by atoms with Crippen LogP contribution in [-0.4, -0.2) is 37.8 Å². The van der Waals surface area contributed by atoms with Crippen molar-refractivity contribution in [3.63, 3.8) is 0 Å². The van der Waals surface area contributed by atoms with Crippen LogP contribution in [0.15, 0.2) is 5.16 Å². The summed E-state index contributed by atoms with van der Waals surface area (Å²) in [5, 5.41) is 16.3. The minimum absolute atomic E-state index is 0.00903. The van der Waals surface area contributed by atoms with E-state index in [2.05, 4.69) is 15.2 Å². The molecule has 1 aliphatic heterocycles. The summed E-state index contributed by atoms with van der Waals surface area (Å²) in [4.78, 5) is 14.6. The minimum atomic E-state index is -0.846. The van der Waals surface area contributed by atoms with Crippen molar-refractivity contribution in [2.75, 3.05) is 11.5 Å². The highest BCUT2D eigenvalue weighted by atomic mass is 32.2. The predicted molar refractivity (Wildman–Crippen MR) is 59.2 cm³/mol. The molecule has 7 heteroatoms. The SMILES string of the molecule is O=C(O)CSc1n[nH]c(C2CCCS2)n1. The Bertz CT molecular complexity index is 349. The third kappa shape index (κ3) is 2.88. The lowest BCUT2D eigenvalue weighted by atomic mass is 10.2. The molecule has 5 nitrogen and oxygen atoms in total. The average Bonchev–Trinajstić information content (AvgIpc) is 2.85. The van der Waals surface area contributed by atoms with Gasteiger partial charge in [-0.15, -0.1) is 5.10 Å². The molecular weight excluding hydrogens is 234 g/mol. The first kappa shape index (κ1) is 10.8. The van der Waals surface area contributed by atoms with Gasteiger partial charge in [-0.25, -0.2) is 4.98 Å². The van der Waals surface area contributed by atoms with Gasteiger partial charge in [-0.2, -0.15) is 11.8 Å². The van der Waals surface area contributed by atoms with Gasteiger partial charge in [-0.3, -0.25) is 9.89 Å². The normalized spacial score (nSPS) is 20.7. The first-order chi connectivity index (χ1) is 7.25. The molecule has 15 heavy (non-hydrogen) atoms. The quantitative estimate of drug-likeness (QED) is 0.783. The molecule has 1 saturated heterocycles. The number of nitrogens with zero attached hydrogens (tertiary/aromatic N) is 2. The number of rotatable bonds is 4. The number of hydrogen-bond donors (Lipinski definition) is 2. The highest BCUT2D eigenvalue weighted by Crippen LogP contribution is 2.38. The first-order valence-corrected chi connectivity index (χ1v) is 6.67. The van der Waals surface area contributed by atoms with Crippen LogP contribution in [0, 0.1) is 0 Å². The Hall–Kier alpha value is -0.690. The van der Waals surface area contributed by atoms with E-state index in [9.17, 15) is 4.79 Å². The van der Waals surface area contributed by atoms with Crippen LogP contribution in [-0.2, 0) is 4.79 Å². The van der Waals surface area contributed by atoms with Crippen molar-refractivity contribution in [2.45, 2.75) is 23.2 Å². The zero-order valence-corrected chi connectivity index (χ0v) is 9.61. The zero-order chi connectivity index (χ0) is 10.7. The lowest BCUT2D eigenvalue weighted by Gasteiger charge is -2.00. The molecule has 82 valence electrons. The molecule has 2 rings (SSSR count). The van der Waals surface area contributed by atoms with E-state index in [-0.39, 0.29) is 5.75 Å². The minimum Gasteiger partial charge on any atom is -0.481 e. The summed E-state index contributed by atoms with van der Waals surface area (Å²) >= 11 is 3.02. The van der Waals surface area contributed by atoms with Gasteiger partial charge in [-0.05, 0) is 18.6 Å². The van der Waals surface area contributed by atoms with Crippen molar-refractivity contribution in [2.24, 2.45) is 0 Å². The van der Waals surface area contributed by atoms with E-state index in [4.69, 9.17) is 5.11 Å². The second kappa shape index (κ2) is 4.89. The van der Waals surface area contributed by atoms with Crippen LogP contribution < -0.4 is 0 Å². The van der Waals surface area contributed by atoms with Gasteiger partial charge in [0.05, 0.1) is 11.0 Å². The van der Waals surface area contributed by atoms with Crippen molar-refractivity contribution >= 4 is 29.5 Å². The molecule has 0 amide bonds. The van der Waals surface area contributed by atoms with Crippen LogP contribution in [0.3, 0.4) is 0 Å². The zero-order valence-electron chi connectivity index (χ0n) is 7.97. The van der Waals surface area contributed by atoms with Gasteiger partial charge >= 0.3 is 5.97 Å². The molecule has 2 heterocycles. The van der Waals surface area contributed by atoms with Crippen LogP contribution >= 0.6 is 23.5 Å².